The Hall–Kier alpha value is -2.31. The van der Waals surface area contributed by atoms with Gasteiger partial charge in [0, 0.05) is 45.4 Å². The molecule has 4 rings (SSSR count). The van der Waals surface area contributed by atoms with Crippen LogP contribution in [0.2, 0.25) is 0 Å². The largest absolute Gasteiger partial charge is 0.362 e. The molecule has 6 heteroatoms. The quantitative estimate of drug-likeness (QED) is 0.454. The number of aryl methyl sites for hydroxylation is 1. The zero-order valence-electron chi connectivity index (χ0n) is 20.0. The van der Waals surface area contributed by atoms with Crippen molar-refractivity contribution in [2.45, 2.75) is 64.0 Å². The van der Waals surface area contributed by atoms with Crippen molar-refractivity contribution in [3.8, 4) is 0 Å². The average Bonchev–Trinajstić information content (AvgIpc) is 3.15. The number of nitrogens with one attached hydrogen (secondary N) is 2. The first-order valence-corrected chi connectivity index (χ1v) is 13.4. The van der Waals surface area contributed by atoms with E-state index in [2.05, 4.69) is 44.4 Å². The molecule has 2 heterocycles. The van der Waals surface area contributed by atoms with Crippen molar-refractivity contribution in [2.75, 3.05) is 11.1 Å². The van der Waals surface area contributed by atoms with Crippen molar-refractivity contribution in [1.29, 1.82) is 0 Å². The molecular formula is C27H32N2O2S2. The Bertz CT molecular complexity index is 1140. The van der Waals surface area contributed by atoms with Crippen molar-refractivity contribution >= 4 is 40.5 Å². The first-order chi connectivity index (χ1) is 15.7. The van der Waals surface area contributed by atoms with Crippen LogP contribution in [0.3, 0.4) is 0 Å². The minimum Gasteiger partial charge on any atom is -0.362 e. The molecule has 0 saturated heterocycles. The number of carbonyl (C=O) groups is 2. The van der Waals surface area contributed by atoms with Gasteiger partial charge in [-0.3, -0.25) is 9.59 Å². The van der Waals surface area contributed by atoms with Crippen molar-refractivity contribution in [3.05, 3.63) is 69.4 Å². The van der Waals surface area contributed by atoms with Gasteiger partial charge in [-0.15, -0.1) is 23.1 Å². The number of amides is 1. The molecule has 1 aromatic heterocycles. The normalized spacial score (nSPS) is 19.9. The molecule has 2 N–H and O–H groups in total. The van der Waals surface area contributed by atoms with E-state index in [4.69, 9.17) is 0 Å². The molecule has 2 aliphatic rings. The molecule has 2 aromatic rings. The molecule has 1 atom stereocenters. The van der Waals surface area contributed by atoms with Crippen molar-refractivity contribution < 1.29 is 9.59 Å². The van der Waals surface area contributed by atoms with Crippen LogP contribution in [-0.2, 0) is 16.0 Å². The number of thiophene rings is 1. The molecule has 0 bridgehead atoms. The number of dihydropyridines is 1. The molecule has 1 amide bonds. The van der Waals surface area contributed by atoms with Crippen LogP contribution in [0.4, 0.5) is 5.69 Å². The number of hydrogen-bond donors (Lipinski definition) is 2. The number of rotatable bonds is 6. The summed E-state index contributed by atoms with van der Waals surface area (Å²) in [5.41, 5.74) is 4.98. The highest BCUT2D eigenvalue weighted by Gasteiger charge is 2.43. The Morgan fingerprint density at radius 2 is 1.94 bits per heavy atom. The van der Waals surface area contributed by atoms with Gasteiger partial charge in [-0.05, 0) is 54.7 Å². The average molecular weight is 481 g/mol. The molecule has 1 aliphatic carbocycles. The second-order valence-corrected chi connectivity index (χ2v) is 12.2. The van der Waals surface area contributed by atoms with E-state index in [0.29, 0.717) is 12.0 Å². The third-order valence-electron chi connectivity index (χ3n) is 6.23. The lowest BCUT2D eigenvalue weighted by Crippen LogP contribution is -2.39. The number of anilines is 1. The van der Waals surface area contributed by atoms with E-state index in [1.807, 2.05) is 37.3 Å². The van der Waals surface area contributed by atoms with E-state index in [1.165, 1.54) is 9.09 Å². The Morgan fingerprint density at radius 3 is 2.61 bits per heavy atom. The lowest BCUT2D eigenvalue weighted by Gasteiger charge is -2.39. The second kappa shape index (κ2) is 9.51. The third kappa shape index (κ3) is 4.82. The number of allylic oxidation sites excluding steroid dienone is 3. The zero-order valence-corrected chi connectivity index (χ0v) is 21.6. The summed E-state index contributed by atoms with van der Waals surface area (Å²) in [6.07, 6.45) is 2.24. The summed E-state index contributed by atoms with van der Waals surface area (Å²) in [4.78, 5) is 28.5. The summed E-state index contributed by atoms with van der Waals surface area (Å²) in [6, 6.07) is 11.7. The lowest BCUT2D eigenvalue weighted by molar-refractivity contribution is -0.118. The van der Waals surface area contributed by atoms with E-state index in [0.717, 1.165) is 46.8 Å². The maximum Gasteiger partial charge on any atom is 0.254 e. The lowest BCUT2D eigenvalue weighted by atomic mass is 9.69. The number of para-hydroxylation sites is 1. The highest BCUT2D eigenvalue weighted by Crippen LogP contribution is 2.50. The number of Topliss-reactive ketones (excluding diaryl/α,β-unsaturated/α-hetero) is 1. The standard InChI is InChI=1S/C27H32N2O2S2/c1-6-18-13-19(26(33-18)32-7-2)23-22(25(31)29-17-11-9-8-10-12-17)16(3)28-20-14-27(4,5)15-21(30)24(20)23/h8-13,23,28H,6-7,14-15H2,1-5H3,(H,29,31)/t23-/m1/s1. The number of ketones is 1. The Kier molecular flexibility index (Phi) is 6.87. The predicted octanol–water partition coefficient (Wildman–Crippen LogP) is 6.67. The van der Waals surface area contributed by atoms with E-state index in [-0.39, 0.29) is 23.0 Å². The van der Waals surface area contributed by atoms with E-state index >= 15 is 0 Å². The molecule has 0 radical (unpaired) electrons. The first kappa shape index (κ1) is 23.8. The molecule has 1 aliphatic heterocycles. The van der Waals surface area contributed by atoms with Crippen molar-refractivity contribution in [3.63, 3.8) is 0 Å². The van der Waals surface area contributed by atoms with Gasteiger partial charge in [0.05, 0.1) is 4.21 Å². The number of hydrogen-bond acceptors (Lipinski definition) is 5. The van der Waals surface area contributed by atoms with E-state index in [9.17, 15) is 9.59 Å². The van der Waals surface area contributed by atoms with Crippen LogP contribution in [0, 0.1) is 5.41 Å². The Balaban J connectivity index is 1.86. The van der Waals surface area contributed by atoms with Crippen LogP contribution in [-0.4, -0.2) is 17.4 Å². The molecule has 0 saturated carbocycles. The van der Waals surface area contributed by atoms with Gasteiger partial charge < -0.3 is 10.6 Å². The van der Waals surface area contributed by atoms with Gasteiger partial charge in [-0.2, -0.15) is 0 Å². The van der Waals surface area contributed by atoms with E-state index < -0.39 is 0 Å². The molecule has 1 aromatic carbocycles. The molecule has 33 heavy (non-hydrogen) atoms. The summed E-state index contributed by atoms with van der Waals surface area (Å²) in [6.45, 7) is 10.5. The summed E-state index contributed by atoms with van der Waals surface area (Å²) >= 11 is 3.59. The van der Waals surface area contributed by atoms with Crippen LogP contribution in [0.25, 0.3) is 0 Å². The van der Waals surface area contributed by atoms with Crippen molar-refractivity contribution in [1.82, 2.24) is 5.32 Å². The summed E-state index contributed by atoms with van der Waals surface area (Å²) in [5, 5.41) is 6.53. The Labute approximate surface area is 204 Å². The van der Waals surface area contributed by atoms with Crippen LogP contribution in [0.1, 0.15) is 63.8 Å². The molecule has 0 unspecified atom stereocenters. The van der Waals surface area contributed by atoms with Gasteiger partial charge in [-0.1, -0.05) is 45.9 Å². The van der Waals surface area contributed by atoms with Gasteiger partial charge in [0.25, 0.3) is 5.91 Å². The minimum atomic E-state index is -0.348. The molecule has 174 valence electrons. The smallest absolute Gasteiger partial charge is 0.254 e. The van der Waals surface area contributed by atoms with Gasteiger partial charge in [0.15, 0.2) is 5.78 Å². The molecule has 0 fully saturated rings. The van der Waals surface area contributed by atoms with Crippen LogP contribution >= 0.6 is 23.1 Å². The molecular weight excluding hydrogens is 448 g/mol. The maximum absolute atomic E-state index is 13.7. The fourth-order valence-corrected chi connectivity index (χ4v) is 7.21. The Morgan fingerprint density at radius 1 is 1.21 bits per heavy atom. The number of carbonyl (C=O) groups excluding carboxylic acids is 2. The van der Waals surface area contributed by atoms with Gasteiger partial charge in [0.2, 0.25) is 0 Å². The van der Waals surface area contributed by atoms with Gasteiger partial charge in [0.1, 0.15) is 0 Å². The number of benzene rings is 1. The topological polar surface area (TPSA) is 58.2 Å². The SMILES string of the molecule is CCSc1sc(CC)cc1[C@@H]1C(C(=O)Nc2ccccc2)=C(C)NC2=C1C(=O)CC(C)(C)C2. The fourth-order valence-electron chi connectivity index (χ4n) is 4.83. The van der Waals surface area contributed by atoms with Crippen molar-refractivity contribution in [2.24, 2.45) is 5.41 Å². The summed E-state index contributed by atoms with van der Waals surface area (Å²) < 4.78 is 1.21. The summed E-state index contributed by atoms with van der Waals surface area (Å²) in [5.74, 6) is 0.590. The molecule has 0 spiro atoms. The number of thioether (sulfide) groups is 1. The van der Waals surface area contributed by atoms with Crippen LogP contribution in [0.5, 0.6) is 0 Å². The fraction of sp³-hybridized carbons (Fsp3) is 0.407. The van der Waals surface area contributed by atoms with Crippen LogP contribution < -0.4 is 10.6 Å². The minimum absolute atomic E-state index is 0.0955. The van der Waals surface area contributed by atoms with E-state index in [1.54, 1.807) is 23.1 Å². The maximum atomic E-state index is 13.7. The highest BCUT2D eigenvalue weighted by atomic mass is 32.2. The second-order valence-electron chi connectivity index (χ2n) is 9.49. The van der Waals surface area contributed by atoms with Crippen LogP contribution in [0.15, 0.2) is 63.1 Å². The highest BCUT2D eigenvalue weighted by molar-refractivity contribution is 8.01. The zero-order chi connectivity index (χ0) is 23.8. The summed E-state index contributed by atoms with van der Waals surface area (Å²) in [7, 11) is 0. The monoisotopic (exact) mass is 480 g/mol. The molecule has 4 nitrogen and oxygen atoms in total. The third-order valence-corrected chi connectivity index (χ3v) is 8.71. The first-order valence-electron chi connectivity index (χ1n) is 11.6. The van der Waals surface area contributed by atoms with Gasteiger partial charge in [-0.25, -0.2) is 0 Å². The predicted molar refractivity (Wildman–Crippen MR) is 139 cm³/mol. The van der Waals surface area contributed by atoms with Gasteiger partial charge >= 0.3 is 0 Å².